The van der Waals surface area contributed by atoms with Gasteiger partial charge in [0.05, 0.1) is 4.99 Å². The number of sulfonamides is 1. The van der Waals surface area contributed by atoms with Gasteiger partial charge in [-0.1, -0.05) is 33.0 Å². The second-order valence-corrected chi connectivity index (χ2v) is 6.76. The van der Waals surface area contributed by atoms with Crippen molar-refractivity contribution in [2.45, 2.75) is 27.2 Å². The molecule has 0 unspecified atom stereocenters. The molecular weight excluding hydrogens is 220 g/mol. The Morgan fingerprint density at radius 2 is 1.93 bits per heavy atom. The number of thiocarbonyl (C=S) groups is 1. The zero-order chi connectivity index (χ0) is 11.4. The molecule has 0 aromatic rings. The molecule has 3 N–H and O–H groups in total. The summed E-state index contributed by atoms with van der Waals surface area (Å²) in [7, 11) is -3.32. The maximum atomic E-state index is 11.2. The maximum Gasteiger partial charge on any atom is 0.218 e. The molecule has 0 aliphatic carbocycles. The van der Waals surface area contributed by atoms with Crippen molar-refractivity contribution in [3.63, 3.8) is 0 Å². The quantitative estimate of drug-likeness (QED) is 0.689. The first kappa shape index (κ1) is 13.8. The Balaban J connectivity index is 3.96. The SMILES string of the molecule is CC(C)(C)CCNS(=O)(=O)CC(N)=S. The van der Waals surface area contributed by atoms with Crippen molar-refractivity contribution >= 4 is 27.2 Å². The van der Waals surface area contributed by atoms with Crippen molar-refractivity contribution in [2.75, 3.05) is 12.3 Å². The molecule has 0 rings (SSSR count). The maximum absolute atomic E-state index is 11.2. The molecule has 0 bridgehead atoms. The lowest BCUT2D eigenvalue weighted by molar-refractivity contribution is 0.378. The van der Waals surface area contributed by atoms with Crippen molar-refractivity contribution < 1.29 is 8.42 Å². The van der Waals surface area contributed by atoms with Crippen LogP contribution in [0.15, 0.2) is 0 Å². The summed E-state index contributed by atoms with van der Waals surface area (Å²) in [5, 5.41) is 0. The average Bonchev–Trinajstić information content (AvgIpc) is 1.78. The summed E-state index contributed by atoms with van der Waals surface area (Å²) in [6.07, 6.45) is 0.781. The third-order valence-corrected chi connectivity index (χ3v) is 3.19. The van der Waals surface area contributed by atoms with Gasteiger partial charge in [0, 0.05) is 6.54 Å². The highest BCUT2D eigenvalue weighted by Crippen LogP contribution is 2.17. The largest absolute Gasteiger partial charge is 0.392 e. The van der Waals surface area contributed by atoms with Crippen LogP contribution >= 0.6 is 12.2 Å². The predicted molar refractivity (Wildman–Crippen MR) is 62.6 cm³/mol. The predicted octanol–water partition coefficient (Wildman–Crippen LogP) is 0.628. The zero-order valence-electron chi connectivity index (χ0n) is 8.83. The van der Waals surface area contributed by atoms with Gasteiger partial charge in [0.2, 0.25) is 10.0 Å². The molecule has 0 aromatic carbocycles. The highest BCUT2D eigenvalue weighted by molar-refractivity contribution is 7.92. The topological polar surface area (TPSA) is 72.2 Å². The minimum atomic E-state index is -3.32. The lowest BCUT2D eigenvalue weighted by Gasteiger charge is -2.17. The van der Waals surface area contributed by atoms with Crippen LogP contribution in [0.1, 0.15) is 27.2 Å². The Labute approximate surface area is 91.3 Å². The van der Waals surface area contributed by atoms with Gasteiger partial charge >= 0.3 is 0 Å². The molecule has 4 nitrogen and oxygen atoms in total. The summed E-state index contributed by atoms with van der Waals surface area (Å²) in [4.78, 5) is -0.00624. The zero-order valence-corrected chi connectivity index (χ0v) is 10.5. The van der Waals surface area contributed by atoms with Gasteiger partial charge in [0.1, 0.15) is 5.75 Å². The number of hydrogen-bond donors (Lipinski definition) is 2. The van der Waals surface area contributed by atoms with Crippen molar-refractivity contribution in [1.82, 2.24) is 4.72 Å². The molecule has 0 saturated carbocycles. The molecule has 0 heterocycles. The third kappa shape index (κ3) is 8.40. The van der Waals surface area contributed by atoms with E-state index in [4.69, 9.17) is 5.73 Å². The summed E-state index contributed by atoms with van der Waals surface area (Å²) in [5.74, 6) is -0.271. The van der Waals surface area contributed by atoms with Crippen molar-refractivity contribution in [1.29, 1.82) is 0 Å². The van der Waals surface area contributed by atoms with Crippen LogP contribution in [-0.4, -0.2) is 25.7 Å². The monoisotopic (exact) mass is 238 g/mol. The normalized spacial score (nSPS) is 12.8. The van der Waals surface area contributed by atoms with Crippen LogP contribution in [0.2, 0.25) is 0 Å². The van der Waals surface area contributed by atoms with Gasteiger partial charge in [-0.15, -0.1) is 0 Å². The Morgan fingerprint density at radius 1 is 1.43 bits per heavy atom. The first-order valence-electron chi connectivity index (χ1n) is 4.38. The average molecular weight is 238 g/mol. The Hall–Kier alpha value is -0.200. The fourth-order valence-corrected chi connectivity index (χ4v) is 2.17. The third-order valence-electron chi connectivity index (χ3n) is 1.53. The van der Waals surface area contributed by atoms with E-state index in [9.17, 15) is 8.42 Å². The van der Waals surface area contributed by atoms with E-state index >= 15 is 0 Å². The van der Waals surface area contributed by atoms with E-state index in [0.717, 1.165) is 6.42 Å². The molecule has 0 amide bonds. The Bertz CT molecular complexity index is 291. The molecule has 0 aromatic heterocycles. The highest BCUT2D eigenvalue weighted by atomic mass is 32.2. The minimum Gasteiger partial charge on any atom is -0.392 e. The van der Waals surface area contributed by atoms with Crippen LogP contribution in [0.5, 0.6) is 0 Å². The standard InChI is InChI=1S/C8H18N2O2S2/c1-8(2,3)4-5-10-14(11,12)6-7(9)13/h10H,4-6H2,1-3H3,(H2,9,13). The Kier molecular flexibility index (Phi) is 4.97. The van der Waals surface area contributed by atoms with Crippen LogP contribution in [0.25, 0.3) is 0 Å². The van der Waals surface area contributed by atoms with Gasteiger partial charge in [-0.05, 0) is 11.8 Å². The number of nitrogens with one attached hydrogen (secondary N) is 1. The minimum absolute atomic E-state index is 0.00624. The summed E-state index contributed by atoms with van der Waals surface area (Å²) in [6.45, 7) is 6.58. The highest BCUT2D eigenvalue weighted by Gasteiger charge is 2.14. The first-order chi connectivity index (χ1) is 6.12. The van der Waals surface area contributed by atoms with Crippen molar-refractivity contribution in [3.05, 3.63) is 0 Å². The van der Waals surface area contributed by atoms with E-state index in [2.05, 4.69) is 37.7 Å². The van der Waals surface area contributed by atoms with E-state index in [0.29, 0.717) is 6.54 Å². The van der Waals surface area contributed by atoms with Crippen LogP contribution in [0.4, 0.5) is 0 Å². The van der Waals surface area contributed by atoms with E-state index < -0.39 is 10.0 Å². The van der Waals surface area contributed by atoms with E-state index in [1.54, 1.807) is 0 Å². The fraction of sp³-hybridized carbons (Fsp3) is 0.875. The van der Waals surface area contributed by atoms with Crippen molar-refractivity contribution in [3.8, 4) is 0 Å². The second-order valence-electron chi connectivity index (χ2n) is 4.43. The molecule has 0 fully saturated rings. The van der Waals surface area contributed by atoms with Gasteiger partial charge < -0.3 is 5.73 Å². The van der Waals surface area contributed by atoms with E-state index in [1.807, 2.05) is 0 Å². The Morgan fingerprint density at radius 3 is 2.29 bits per heavy atom. The van der Waals surface area contributed by atoms with Gasteiger partial charge in [-0.2, -0.15) is 0 Å². The lowest BCUT2D eigenvalue weighted by Crippen LogP contribution is -2.34. The van der Waals surface area contributed by atoms with E-state index in [-0.39, 0.29) is 16.2 Å². The number of hydrogen-bond acceptors (Lipinski definition) is 3. The van der Waals surface area contributed by atoms with E-state index in [1.165, 1.54) is 0 Å². The molecule has 0 saturated heterocycles. The summed E-state index contributed by atoms with van der Waals surface area (Å²) < 4.78 is 24.9. The molecule has 0 atom stereocenters. The van der Waals surface area contributed by atoms with Gasteiger partial charge in [0.25, 0.3) is 0 Å². The summed E-state index contributed by atoms with van der Waals surface area (Å²) in [6, 6.07) is 0. The molecule has 0 aliphatic rings. The van der Waals surface area contributed by atoms with Gasteiger partial charge in [-0.3, -0.25) is 0 Å². The van der Waals surface area contributed by atoms with Crippen LogP contribution in [0.3, 0.4) is 0 Å². The van der Waals surface area contributed by atoms with Gasteiger partial charge in [0.15, 0.2) is 0 Å². The molecule has 84 valence electrons. The van der Waals surface area contributed by atoms with Crippen LogP contribution < -0.4 is 10.5 Å². The molecule has 6 heteroatoms. The fourth-order valence-electron chi connectivity index (χ4n) is 0.820. The molecule has 0 spiro atoms. The molecule has 0 radical (unpaired) electrons. The van der Waals surface area contributed by atoms with Gasteiger partial charge in [-0.25, -0.2) is 13.1 Å². The molecule has 0 aliphatic heterocycles. The second kappa shape index (κ2) is 5.04. The molecular formula is C8H18N2O2S2. The molecule has 14 heavy (non-hydrogen) atoms. The summed E-state index contributed by atoms with van der Waals surface area (Å²) >= 11 is 4.53. The van der Waals surface area contributed by atoms with Crippen LogP contribution in [-0.2, 0) is 10.0 Å². The number of rotatable bonds is 5. The van der Waals surface area contributed by atoms with Crippen LogP contribution in [0, 0.1) is 5.41 Å². The first-order valence-corrected chi connectivity index (χ1v) is 6.44. The smallest absolute Gasteiger partial charge is 0.218 e. The lowest BCUT2D eigenvalue weighted by atomic mass is 9.93. The van der Waals surface area contributed by atoms with Crippen molar-refractivity contribution in [2.24, 2.45) is 11.1 Å². The number of nitrogens with two attached hydrogens (primary N) is 1. The summed E-state index contributed by atoms with van der Waals surface area (Å²) in [5.41, 5.74) is 5.27.